The Bertz CT molecular complexity index is 736. The summed E-state index contributed by atoms with van der Waals surface area (Å²) in [5.41, 5.74) is 2.78. The molecule has 0 aliphatic carbocycles. The minimum absolute atomic E-state index is 0.347. The minimum atomic E-state index is -3.51. The van der Waals surface area contributed by atoms with Crippen LogP contribution in [-0.2, 0) is 16.6 Å². The van der Waals surface area contributed by atoms with Crippen molar-refractivity contribution in [2.45, 2.75) is 25.3 Å². The summed E-state index contributed by atoms with van der Waals surface area (Å²) >= 11 is 1.45. The fraction of sp³-hybridized carbons (Fsp3) is 0.333. The molecule has 0 unspecified atom stereocenters. The van der Waals surface area contributed by atoms with E-state index in [-0.39, 0.29) is 0 Å². The highest BCUT2D eigenvalue weighted by Gasteiger charge is 2.23. The van der Waals surface area contributed by atoms with Gasteiger partial charge >= 0.3 is 0 Å². The second-order valence-corrected chi connectivity index (χ2v) is 8.01. The molecule has 0 amide bonds. The Balaban J connectivity index is 2.37. The number of thiophene rings is 1. The highest BCUT2D eigenvalue weighted by Crippen LogP contribution is 2.28. The molecule has 6 heteroatoms. The maximum atomic E-state index is 12.7. The van der Waals surface area contributed by atoms with Gasteiger partial charge in [-0.05, 0) is 38.6 Å². The van der Waals surface area contributed by atoms with Crippen molar-refractivity contribution in [2.75, 3.05) is 18.4 Å². The highest BCUT2D eigenvalue weighted by atomic mass is 32.2. The monoisotopic (exact) mass is 324 g/mol. The van der Waals surface area contributed by atoms with Gasteiger partial charge < -0.3 is 5.32 Å². The molecule has 4 nitrogen and oxygen atoms in total. The largest absolute Gasteiger partial charge is 0.315 e. The maximum Gasteiger partial charge on any atom is 0.264 e. The Hall–Kier alpha value is -1.37. The van der Waals surface area contributed by atoms with Gasteiger partial charge in [-0.25, -0.2) is 8.42 Å². The average Bonchev–Trinajstić information content (AvgIpc) is 2.88. The van der Waals surface area contributed by atoms with E-state index < -0.39 is 10.0 Å². The van der Waals surface area contributed by atoms with Gasteiger partial charge in [0.25, 0.3) is 10.0 Å². The first-order valence-electron chi connectivity index (χ1n) is 6.64. The lowest BCUT2D eigenvalue weighted by Crippen LogP contribution is -2.26. The summed E-state index contributed by atoms with van der Waals surface area (Å²) in [6.07, 6.45) is 0. The van der Waals surface area contributed by atoms with Gasteiger partial charge in [0.05, 0.1) is 10.6 Å². The van der Waals surface area contributed by atoms with Gasteiger partial charge in [0.1, 0.15) is 0 Å². The van der Waals surface area contributed by atoms with Crippen LogP contribution in [0.1, 0.15) is 16.0 Å². The molecular formula is C15H20N2O2S2. The third-order valence-corrected chi connectivity index (χ3v) is 6.17. The molecule has 1 aromatic heterocycles. The quantitative estimate of drug-likeness (QED) is 0.920. The average molecular weight is 324 g/mol. The number of nitrogens with zero attached hydrogens (tertiary/aromatic N) is 1. The van der Waals surface area contributed by atoms with Crippen molar-refractivity contribution < 1.29 is 8.42 Å². The predicted molar refractivity (Wildman–Crippen MR) is 88.6 cm³/mol. The Morgan fingerprint density at radius 3 is 2.57 bits per heavy atom. The molecule has 114 valence electrons. The van der Waals surface area contributed by atoms with Crippen LogP contribution < -0.4 is 9.62 Å². The summed E-state index contributed by atoms with van der Waals surface area (Å²) in [6, 6.07) is 7.50. The molecule has 0 aliphatic heterocycles. The van der Waals surface area contributed by atoms with Crippen molar-refractivity contribution in [3.05, 3.63) is 45.6 Å². The van der Waals surface area contributed by atoms with Crippen molar-refractivity contribution in [1.82, 2.24) is 5.32 Å². The van der Waals surface area contributed by atoms with Crippen LogP contribution in [0.25, 0.3) is 0 Å². The normalized spacial score (nSPS) is 11.6. The molecule has 0 atom stereocenters. The summed E-state index contributed by atoms with van der Waals surface area (Å²) in [7, 11) is -0.0663. The van der Waals surface area contributed by atoms with Gasteiger partial charge in [-0.1, -0.05) is 17.7 Å². The van der Waals surface area contributed by atoms with Crippen LogP contribution in [0.4, 0.5) is 5.69 Å². The number of rotatable bonds is 5. The van der Waals surface area contributed by atoms with Gasteiger partial charge in [-0.15, -0.1) is 11.3 Å². The number of nitrogens with one attached hydrogen (secondary N) is 1. The molecule has 2 rings (SSSR count). The molecular weight excluding hydrogens is 304 g/mol. The minimum Gasteiger partial charge on any atom is -0.315 e. The van der Waals surface area contributed by atoms with E-state index in [9.17, 15) is 8.42 Å². The molecule has 0 saturated carbocycles. The SMILES string of the molecule is CNCc1cc(S(=O)(=O)N(C)c2ccc(C)cc2C)cs1. The molecule has 0 bridgehead atoms. The van der Waals surface area contributed by atoms with Crippen molar-refractivity contribution in [3.63, 3.8) is 0 Å². The molecule has 2 aromatic rings. The summed E-state index contributed by atoms with van der Waals surface area (Å²) in [5.74, 6) is 0. The molecule has 0 radical (unpaired) electrons. The fourth-order valence-electron chi connectivity index (χ4n) is 2.21. The zero-order chi connectivity index (χ0) is 15.6. The van der Waals surface area contributed by atoms with Gasteiger partial charge in [-0.2, -0.15) is 0 Å². The number of hydrogen-bond acceptors (Lipinski definition) is 4. The number of anilines is 1. The summed E-state index contributed by atoms with van der Waals surface area (Å²) in [6.45, 7) is 4.59. The highest BCUT2D eigenvalue weighted by molar-refractivity contribution is 7.93. The fourth-order valence-corrected chi connectivity index (χ4v) is 4.74. The van der Waals surface area contributed by atoms with Crippen LogP contribution in [0.2, 0.25) is 0 Å². The topological polar surface area (TPSA) is 49.4 Å². The van der Waals surface area contributed by atoms with Crippen molar-refractivity contribution in [2.24, 2.45) is 0 Å². The molecule has 1 aromatic carbocycles. The Labute approximate surface area is 130 Å². The van der Waals surface area contributed by atoms with E-state index in [2.05, 4.69) is 5.32 Å². The maximum absolute atomic E-state index is 12.7. The smallest absolute Gasteiger partial charge is 0.264 e. The third-order valence-electron chi connectivity index (χ3n) is 3.33. The van der Waals surface area contributed by atoms with E-state index >= 15 is 0 Å². The van der Waals surface area contributed by atoms with E-state index in [1.807, 2.05) is 39.1 Å². The second kappa shape index (κ2) is 6.17. The van der Waals surface area contributed by atoms with Crippen LogP contribution in [0.5, 0.6) is 0 Å². The van der Waals surface area contributed by atoms with Crippen LogP contribution in [0, 0.1) is 13.8 Å². The van der Waals surface area contributed by atoms with Crippen LogP contribution in [-0.4, -0.2) is 22.5 Å². The molecule has 0 aliphatic rings. The molecule has 0 fully saturated rings. The number of hydrogen-bond donors (Lipinski definition) is 1. The van der Waals surface area contributed by atoms with E-state index in [1.54, 1.807) is 18.5 Å². The lowest BCUT2D eigenvalue weighted by Gasteiger charge is -2.21. The molecule has 0 saturated heterocycles. The number of benzene rings is 1. The zero-order valence-electron chi connectivity index (χ0n) is 12.7. The van der Waals surface area contributed by atoms with Crippen molar-refractivity contribution in [1.29, 1.82) is 0 Å². The van der Waals surface area contributed by atoms with Gasteiger partial charge in [-0.3, -0.25) is 4.31 Å². The summed E-state index contributed by atoms with van der Waals surface area (Å²) in [4.78, 5) is 1.35. The Kier molecular flexibility index (Phi) is 4.70. The lowest BCUT2D eigenvalue weighted by molar-refractivity contribution is 0.594. The van der Waals surface area contributed by atoms with E-state index in [0.717, 1.165) is 16.0 Å². The van der Waals surface area contributed by atoms with Gasteiger partial charge in [0.15, 0.2) is 0 Å². The predicted octanol–water partition coefficient (Wildman–Crippen LogP) is 2.91. The van der Waals surface area contributed by atoms with Gasteiger partial charge in [0, 0.05) is 23.8 Å². The van der Waals surface area contributed by atoms with Crippen LogP contribution >= 0.6 is 11.3 Å². The van der Waals surface area contributed by atoms with E-state index in [4.69, 9.17) is 0 Å². The Morgan fingerprint density at radius 2 is 1.95 bits per heavy atom. The first kappa shape index (κ1) is 16.0. The molecule has 21 heavy (non-hydrogen) atoms. The number of aryl methyl sites for hydroxylation is 2. The van der Waals surface area contributed by atoms with E-state index in [0.29, 0.717) is 17.1 Å². The first-order chi connectivity index (χ1) is 9.86. The molecule has 1 heterocycles. The van der Waals surface area contributed by atoms with Crippen LogP contribution in [0.15, 0.2) is 34.5 Å². The summed E-state index contributed by atoms with van der Waals surface area (Å²) in [5, 5.41) is 4.72. The second-order valence-electron chi connectivity index (χ2n) is 5.04. The standard InChI is InChI=1S/C15H20N2O2S2/c1-11-5-6-15(12(2)7-11)17(4)21(18,19)14-8-13(9-16-3)20-10-14/h5-8,10,16H,9H2,1-4H3. The van der Waals surface area contributed by atoms with Crippen LogP contribution in [0.3, 0.4) is 0 Å². The van der Waals surface area contributed by atoms with Crippen molar-refractivity contribution in [3.8, 4) is 0 Å². The summed E-state index contributed by atoms with van der Waals surface area (Å²) < 4.78 is 26.8. The lowest BCUT2D eigenvalue weighted by atomic mass is 10.1. The van der Waals surface area contributed by atoms with Crippen molar-refractivity contribution >= 4 is 27.0 Å². The first-order valence-corrected chi connectivity index (χ1v) is 8.96. The number of sulfonamides is 1. The molecule has 1 N–H and O–H groups in total. The molecule has 0 spiro atoms. The Morgan fingerprint density at radius 1 is 1.24 bits per heavy atom. The van der Waals surface area contributed by atoms with Gasteiger partial charge in [0.2, 0.25) is 0 Å². The third kappa shape index (κ3) is 3.28. The van der Waals surface area contributed by atoms with E-state index in [1.165, 1.54) is 15.6 Å². The zero-order valence-corrected chi connectivity index (χ0v) is 14.3.